The molecule has 0 N–H and O–H groups in total. The number of thiophene rings is 1. The van der Waals surface area contributed by atoms with Crippen molar-refractivity contribution in [2.24, 2.45) is 5.92 Å². The monoisotopic (exact) mass is 262 g/mol. The van der Waals surface area contributed by atoms with Gasteiger partial charge in [0.05, 0.1) is 12.8 Å². The third kappa shape index (κ3) is 2.88. The zero-order valence-electron chi connectivity index (χ0n) is 11.2. The first-order valence-corrected chi connectivity index (χ1v) is 6.93. The highest BCUT2D eigenvalue weighted by Gasteiger charge is 2.12. The third-order valence-corrected chi connectivity index (χ3v) is 3.47. The van der Waals surface area contributed by atoms with E-state index in [2.05, 4.69) is 42.2 Å². The van der Waals surface area contributed by atoms with E-state index in [1.54, 1.807) is 18.4 Å². The summed E-state index contributed by atoms with van der Waals surface area (Å²) in [4.78, 5) is 10.3. The number of ether oxygens (including phenoxy) is 1. The molecule has 0 bridgehead atoms. The molecule has 0 aliphatic carbocycles. The Morgan fingerprint density at radius 2 is 2.17 bits per heavy atom. The molecular formula is C14H18N2OS. The Morgan fingerprint density at radius 1 is 1.39 bits per heavy atom. The van der Waals surface area contributed by atoms with Crippen LogP contribution in [-0.2, 0) is 6.42 Å². The summed E-state index contributed by atoms with van der Waals surface area (Å²) in [6, 6.07) is 2.11. The Hall–Kier alpha value is -1.42. The van der Waals surface area contributed by atoms with E-state index in [4.69, 9.17) is 4.74 Å². The Bertz CT molecular complexity index is 534. The molecule has 0 saturated heterocycles. The molecule has 0 spiro atoms. The van der Waals surface area contributed by atoms with E-state index in [0.29, 0.717) is 11.8 Å². The molecule has 0 amide bonds. The molecule has 0 radical (unpaired) electrons. The summed E-state index contributed by atoms with van der Waals surface area (Å²) in [5, 5.41) is 2.09. The topological polar surface area (TPSA) is 35.0 Å². The van der Waals surface area contributed by atoms with Crippen molar-refractivity contribution < 1.29 is 4.74 Å². The summed E-state index contributed by atoms with van der Waals surface area (Å²) in [5.74, 6) is 1.18. The summed E-state index contributed by atoms with van der Waals surface area (Å²) < 4.78 is 5.36. The molecule has 3 nitrogen and oxygen atoms in total. The standard InChI is InChI=1S/C14H18N2OS/c1-9(2)5-12-7-15-13(14(16-12)17-4)11-6-10(3)18-8-11/h6-9H,5H2,1-4H3. The van der Waals surface area contributed by atoms with Crippen LogP contribution in [0.5, 0.6) is 5.88 Å². The molecule has 0 unspecified atom stereocenters. The fraction of sp³-hybridized carbons (Fsp3) is 0.429. The van der Waals surface area contributed by atoms with Crippen LogP contribution in [0.25, 0.3) is 11.3 Å². The Morgan fingerprint density at radius 3 is 2.72 bits per heavy atom. The van der Waals surface area contributed by atoms with Crippen LogP contribution in [-0.4, -0.2) is 17.1 Å². The number of hydrogen-bond acceptors (Lipinski definition) is 4. The van der Waals surface area contributed by atoms with Crippen LogP contribution in [0.4, 0.5) is 0 Å². The molecule has 96 valence electrons. The van der Waals surface area contributed by atoms with E-state index in [0.717, 1.165) is 23.4 Å². The fourth-order valence-electron chi connectivity index (χ4n) is 1.83. The lowest BCUT2D eigenvalue weighted by atomic mass is 10.1. The normalized spacial score (nSPS) is 10.9. The first kappa shape index (κ1) is 13.0. The van der Waals surface area contributed by atoms with E-state index >= 15 is 0 Å². The Kier molecular flexibility index (Phi) is 3.97. The summed E-state index contributed by atoms with van der Waals surface area (Å²) in [6.07, 6.45) is 2.77. The van der Waals surface area contributed by atoms with Gasteiger partial charge < -0.3 is 4.74 Å². The van der Waals surface area contributed by atoms with Crippen molar-refractivity contribution in [2.75, 3.05) is 7.11 Å². The Balaban J connectivity index is 2.37. The second-order valence-electron chi connectivity index (χ2n) is 4.76. The van der Waals surface area contributed by atoms with Gasteiger partial charge in [0, 0.05) is 22.0 Å². The van der Waals surface area contributed by atoms with Crippen molar-refractivity contribution in [2.45, 2.75) is 27.2 Å². The summed E-state index contributed by atoms with van der Waals surface area (Å²) in [6.45, 7) is 6.43. The lowest BCUT2D eigenvalue weighted by Gasteiger charge is -2.09. The average Bonchev–Trinajstić information content (AvgIpc) is 2.74. The second kappa shape index (κ2) is 5.48. The fourth-order valence-corrected chi connectivity index (χ4v) is 2.52. The van der Waals surface area contributed by atoms with E-state index in [-0.39, 0.29) is 0 Å². The smallest absolute Gasteiger partial charge is 0.240 e. The van der Waals surface area contributed by atoms with Gasteiger partial charge in [-0.15, -0.1) is 11.3 Å². The van der Waals surface area contributed by atoms with Crippen molar-refractivity contribution in [3.8, 4) is 17.1 Å². The van der Waals surface area contributed by atoms with Gasteiger partial charge in [-0.05, 0) is 25.3 Å². The molecule has 0 aliphatic rings. The molecule has 2 aromatic rings. The maximum Gasteiger partial charge on any atom is 0.240 e. The van der Waals surface area contributed by atoms with Gasteiger partial charge in [-0.25, -0.2) is 9.97 Å². The molecule has 0 atom stereocenters. The van der Waals surface area contributed by atoms with Gasteiger partial charge in [0.2, 0.25) is 5.88 Å². The molecule has 0 saturated carbocycles. The minimum absolute atomic E-state index is 0.568. The highest BCUT2D eigenvalue weighted by Crippen LogP contribution is 2.29. The van der Waals surface area contributed by atoms with Crippen molar-refractivity contribution >= 4 is 11.3 Å². The third-order valence-electron chi connectivity index (χ3n) is 2.61. The quantitative estimate of drug-likeness (QED) is 0.842. The minimum atomic E-state index is 0.568. The number of aryl methyl sites for hydroxylation is 1. The summed E-state index contributed by atoms with van der Waals surface area (Å²) in [5.41, 5.74) is 2.89. The molecule has 4 heteroatoms. The van der Waals surface area contributed by atoms with Crippen LogP contribution in [0.15, 0.2) is 17.6 Å². The average molecular weight is 262 g/mol. The molecule has 2 heterocycles. The number of hydrogen-bond donors (Lipinski definition) is 0. The minimum Gasteiger partial charge on any atom is -0.479 e. The van der Waals surface area contributed by atoms with Crippen LogP contribution in [0.1, 0.15) is 24.4 Å². The first-order valence-electron chi connectivity index (χ1n) is 6.05. The van der Waals surface area contributed by atoms with E-state index in [1.807, 2.05) is 6.20 Å². The van der Waals surface area contributed by atoms with Crippen LogP contribution in [0.2, 0.25) is 0 Å². The maximum atomic E-state index is 5.36. The van der Waals surface area contributed by atoms with E-state index in [1.165, 1.54) is 4.88 Å². The van der Waals surface area contributed by atoms with E-state index < -0.39 is 0 Å². The number of nitrogens with zero attached hydrogens (tertiary/aromatic N) is 2. The number of aromatic nitrogens is 2. The van der Waals surface area contributed by atoms with Crippen LogP contribution in [0, 0.1) is 12.8 Å². The van der Waals surface area contributed by atoms with Gasteiger partial charge in [-0.2, -0.15) is 0 Å². The lowest BCUT2D eigenvalue weighted by molar-refractivity contribution is 0.395. The molecule has 0 aliphatic heterocycles. The van der Waals surface area contributed by atoms with Gasteiger partial charge in [0.25, 0.3) is 0 Å². The molecule has 2 aromatic heterocycles. The van der Waals surface area contributed by atoms with Gasteiger partial charge in [0.1, 0.15) is 5.69 Å². The zero-order chi connectivity index (χ0) is 13.1. The second-order valence-corrected chi connectivity index (χ2v) is 5.88. The largest absolute Gasteiger partial charge is 0.479 e. The van der Waals surface area contributed by atoms with Crippen LogP contribution in [0.3, 0.4) is 0 Å². The van der Waals surface area contributed by atoms with Crippen LogP contribution < -0.4 is 4.74 Å². The molecule has 0 fully saturated rings. The SMILES string of the molecule is COc1nc(CC(C)C)cnc1-c1csc(C)c1. The van der Waals surface area contributed by atoms with Crippen molar-refractivity contribution in [1.82, 2.24) is 9.97 Å². The summed E-state index contributed by atoms with van der Waals surface area (Å²) >= 11 is 1.71. The highest BCUT2D eigenvalue weighted by molar-refractivity contribution is 7.10. The molecule has 2 rings (SSSR count). The van der Waals surface area contributed by atoms with Crippen molar-refractivity contribution in [3.05, 3.63) is 28.2 Å². The summed E-state index contributed by atoms with van der Waals surface area (Å²) in [7, 11) is 1.64. The number of methoxy groups -OCH3 is 1. The molecule has 18 heavy (non-hydrogen) atoms. The number of rotatable bonds is 4. The molecular weight excluding hydrogens is 244 g/mol. The predicted octanol–water partition coefficient (Wildman–Crippen LogP) is 3.72. The van der Waals surface area contributed by atoms with Gasteiger partial charge in [0.15, 0.2) is 0 Å². The van der Waals surface area contributed by atoms with Gasteiger partial charge >= 0.3 is 0 Å². The highest BCUT2D eigenvalue weighted by atomic mass is 32.1. The first-order chi connectivity index (χ1) is 8.60. The maximum absolute atomic E-state index is 5.36. The van der Waals surface area contributed by atoms with Crippen LogP contribution >= 0.6 is 11.3 Å². The molecule has 0 aromatic carbocycles. The van der Waals surface area contributed by atoms with Gasteiger partial charge in [-0.3, -0.25) is 0 Å². The predicted molar refractivity (Wildman–Crippen MR) is 75.2 cm³/mol. The lowest BCUT2D eigenvalue weighted by Crippen LogP contribution is -2.02. The van der Waals surface area contributed by atoms with Gasteiger partial charge in [-0.1, -0.05) is 13.8 Å². The zero-order valence-corrected chi connectivity index (χ0v) is 12.0. The Labute approximate surface area is 112 Å². The van der Waals surface area contributed by atoms with E-state index in [9.17, 15) is 0 Å². The van der Waals surface area contributed by atoms with Crippen molar-refractivity contribution in [3.63, 3.8) is 0 Å². The van der Waals surface area contributed by atoms with Crippen molar-refractivity contribution in [1.29, 1.82) is 0 Å².